The Morgan fingerprint density at radius 2 is 2.00 bits per heavy atom. The Balaban J connectivity index is 2.40. The second-order valence-corrected chi connectivity index (χ2v) is 7.24. The highest BCUT2D eigenvalue weighted by Gasteiger charge is 2.38. The molecule has 0 aliphatic heterocycles. The van der Waals surface area contributed by atoms with Gasteiger partial charge in [-0.3, -0.25) is 0 Å². The van der Waals surface area contributed by atoms with Crippen LogP contribution in [0.25, 0.3) is 0 Å². The summed E-state index contributed by atoms with van der Waals surface area (Å²) in [7, 11) is -3.91. The molecule has 1 aromatic carbocycles. The molecule has 20 heavy (non-hydrogen) atoms. The number of benzene rings is 1. The Morgan fingerprint density at radius 1 is 1.40 bits per heavy atom. The van der Waals surface area contributed by atoms with Crippen LogP contribution in [0.3, 0.4) is 0 Å². The average molecular weight is 298 g/mol. The summed E-state index contributed by atoms with van der Waals surface area (Å²) in [6, 6.07) is 3.85. The Hall–Kier alpha value is -1.60. The number of nitrogens with two attached hydrogens (primary N) is 1. The van der Waals surface area contributed by atoms with Gasteiger partial charge in [-0.05, 0) is 50.8 Å². The van der Waals surface area contributed by atoms with Crippen LogP contribution < -0.4 is 10.5 Å². The number of anilines is 1. The van der Waals surface area contributed by atoms with Crippen molar-refractivity contribution in [1.29, 1.82) is 0 Å². The molecule has 2 rings (SSSR count). The summed E-state index contributed by atoms with van der Waals surface area (Å²) in [5, 5.41) is 17.4. The number of sulfonamides is 1. The van der Waals surface area contributed by atoms with E-state index >= 15 is 0 Å². The van der Waals surface area contributed by atoms with Crippen LogP contribution in [-0.2, 0) is 10.0 Å². The Morgan fingerprint density at radius 3 is 2.45 bits per heavy atom. The van der Waals surface area contributed by atoms with E-state index < -0.39 is 16.0 Å². The maximum absolute atomic E-state index is 11.3. The van der Waals surface area contributed by atoms with E-state index in [1.807, 2.05) is 13.8 Å². The lowest BCUT2D eigenvalue weighted by Gasteiger charge is -2.28. The Kier molecular flexibility index (Phi) is 3.51. The summed E-state index contributed by atoms with van der Waals surface area (Å²) in [6.45, 7) is 4.01. The summed E-state index contributed by atoms with van der Waals surface area (Å²) >= 11 is 0. The third kappa shape index (κ3) is 3.10. The smallest absolute Gasteiger partial charge is 0.337 e. The van der Waals surface area contributed by atoms with Crippen LogP contribution in [0, 0.1) is 5.92 Å². The molecular weight excluding hydrogens is 280 g/mol. The molecule has 0 heterocycles. The van der Waals surface area contributed by atoms with Crippen molar-refractivity contribution < 1.29 is 18.3 Å². The van der Waals surface area contributed by atoms with Crippen LogP contribution in [0.15, 0.2) is 23.1 Å². The molecular formula is C13H18N2O4S. The molecule has 1 aliphatic carbocycles. The molecule has 0 unspecified atom stereocenters. The van der Waals surface area contributed by atoms with Crippen molar-refractivity contribution in [3.05, 3.63) is 23.8 Å². The van der Waals surface area contributed by atoms with Gasteiger partial charge < -0.3 is 10.4 Å². The molecule has 1 saturated carbocycles. The van der Waals surface area contributed by atoms with Crippen LogP contribution in [0.1, 0.15) is 37.0 Å². The minimum atomic E-state index is -3.91. The quantitative estimate of drug-likeness (QED) is 0.765. The number of rotatable bonds is 5. The lowest BCUT2D eigenvalue weighted by atomic mass is 9.97. The summed E-state index contributed by atoms with van der Waals surface area (Å²) < 4.78 is 22.6. The van der Waals surface area contributed by atoms with Gasteiger partial charge >= 0.3 is 5.97 Å². The van der Waals surface area contributed by atoms with Crippen molar-refractivity contribution in [2.45, 2.75) is 37.1 Å². The monoisotopic (exact) mass is 298 g/mol. The van der Waals surface area contributed by atoms with Crippen LogP contribution >= 0.6 is 0 Å². The summed E-state index contributed by atoms with van der Waals surface area (Å²) in [5.74, 6) is -0.688. The fourth-order valence-corrected chi connectivity index (χ4v) is 2.78. The third-order valence-electron chi connectivity index (χ3n) is 3.60. The number of nitrogens with one attached hydrogen (secondary N) is 1. The highest BCUT2D eigenvalue weighted by Crippen LogP contribution is 2.41. The zero-order chi connectivity index (χ0) is 15.1. The first-order valence-electron chi connectivity index (χ1n) is 6.29. The zero-order valence-electron chi connectivity index (χ0n) is 11.4. The maximum atomic E-state index is 11.3. The van der Waals surface area contributed by atoms with E-state index in [0.29, 0.717) is 11.6 Å². The van der Waals surface area contributed by atoms with Gasteiger partial charge in [0, 0.05) is 11.2 Å². The standard InChI is InChI=1S/C13H18N2O4S/c1-13(2,8-3-4-8)15-11-6-5-9(20(14,18)19)7-10(11)12(16)17/h5-8,15H,3-4H2,1-2H3,(H,16,17)(H2,14,18,19). The van der Waals surface area contributed by atoms with Gasteiger partial charge in [-0.15, -0.1) is 0 Å². The molecule has 6 nitrogen and oxygen atoms in total. The first-order valence-corrected chi connectivity index (χ1v) is 7.84. The van der Waals surface area contributed by atoms with Gasteiger partial charge in [0.15, 0.2) is 0 Å². The van der Waals surface area contributed by atoms with Gasteiger partial charge in [0.1, 0.15) is 0 Å². The van der Waals surface area contributed by atoms with Gasteiger partial charge in [0.2, 0.25) is 10.0 Å². The number of primary sulfonamides is 1. The van der Waals surface area contributed by atoms with Crippen molar-refractivity contribution in [2.24, 2.45) is 11.1 Å². The van der Waals surface area contributed by atoms with Gasteiger partial charge in [-0.25, -0.2) is 18.4 Å². The predicted molar refractivity (Wildman–Crippen MR) is 75.2 cm³/mol. The highest BCUT2D eigenvalue weighted by atomic mass is 32.2. The van der Waals surface area contributed by atoms with Gasteiger partial charge in [-0.1, -0.05) is 0 Å². The summed E-state index contributed by atoms with van der Waals surface area (Å²) in [5.41, 5.74) is 0.0832. The fourth-order valence-electron chi connectivity index (χ4n) is 2.24. The van der Waals surface area contributed by atoms with E-state index in [0.717, 1.165) is 18.9 Å². The molecule has 1 aromatic rings. The molecule has 0 bridgehead atoms. The molecule has 0 aromatic heterocycles. The molecule has 7 heteroatoms. The van der Waals surface area contributed by atoms with Crippen LogP contribution in [-0.4, -0.2) is 25.0 Å². The van der Waals surface area contributed by atoms with E-state index in [-0.39, 0.29) is 16.0 Å². The van der Waals surface area contributed by atoms with Gasteiger partial charge in [0.25, 0.3) is 0 Å². The van der Waals surface area contributed by atoms with Crippen molar-refractivity contribution >= 4 is 21.7 Å². The molecule has 0 amide bonds. The van der Waals surface area contributed by atoms with E-state index in [1.165, 1.54) is 12.1 Å². The highest BCUT2D eigenvalue weighted by molar-refractivity contribution is 7.89. The van der Waals surface area contributed by atoms with Crippen LogP contribution in [0.4, 0.5) is 5.69 Å². The molecule has 0 radical (unpaired) electrons. The SMILES string of the molecule is CC(C)(Nc1ccc(S(N)(=O)=O)cc1C(=O)O)C1CC1. The van der Waals surface area contributed by atoms with Crippen molar-refractivity contribution in [2.75, 3.05) is 5.32 Å². The van der Waals surface area contributed by atoms with Crippen LogP contribution in [0.2, 0.25) is 0 Å². The van der Waals surface area contributed by atoms with E-state index in [4.69, 9.17) is 5.14 Å². The van der Waals surface area contributed by atoms with Crippen molar-refractivity contribution in [3.63, 3.8) is 0 Å². The topological polar surface area (TPSA) is 109 Å². The first kappa shape index (κ1) is 14.8. The first-order chi connectivity index (χ1) is 9.11. The van der Waals surface area contributed by atoms with E-state index in [1.54, 1.807) is 0 Å². The number of carboxylic acid groups (broad SMARTS) is 1. The molecule has 1 fully saturated rings. The number of carboxylic acids is 1. The number of hydrogen-bond acceptors (Lipinski definition) is 4. The molecule has 0 saturated heterocycles. The number of carbonyl (C=O) groups is 1. The minimum absolute atomic E-state index is 0.0924. The number of hydrogen-bond donors (Lipinski definition) is 3. The second-order valence-electron chi connectivity index (χ2n) is 5.68. The van der Waals surface area contributed by atoms with Gasteiger partial charge in [0.05, 0.1) is 10.5 Å². The molecule has 110 valence electrons. The molecule has 1 aliphatic rings. The normalized spacial score (nSPS) is 15.9. The Labute approximate surface area is 118 Å². The minimum Gasteiger partial charge on any atom is -0.478 e. The lowest BCUT2D eigenvalue weighted by Crippen LogP contribution is -2.34. The maximum Gasteiger partial charge on any atom is 0.337 e. The van der Waals surface area contributed by atoms with E-state index in [2.05, 4.69) is 5.32 Å². The lowest BCUT2D eigenvalue weighted by molar-refractivity contribution is 0.0697. The second kappa shape index (κ2) is 4.75. The number of aromatic carboxylic acids is 1. The molecule has 4 N–H and O–H groups in total. The van der Waals surface area contributed by atoms with Crippen molar-refractivity contribution in [3.8, 4) is 0 Å². The van der Waals surface area contributed by atoms with Crippen LogP contribution in [0.5, 0.6) is 0 Å². The molecule has 0 spiro atoms. The predicted octanol–water partition coefficient (Wildman–Crippen LogP) is 1.63. The van der Waals surface area contributed by atoms with E-state index in [9.17, 15) is 18.3 Å². The largest absolute Gasteiger partial charge is 0.478 e. The van der Waals surface area contributed by atoms with Crippen molar-refractivity contribution in [1.82, 2.24) is 0 Å². The molecule has 0 atom stereocenters. The Bertz CT molecular complexity index is 648. The summed E-state index contributed by atoms with van der Waals surface area (Å²) in [6.07, 6.45) is 2.22. The average Bonchev–Trinajstić information content (AvgIpc) is 3.10. The zero-order valence-corrected chi connectivity index (χ0v) is 12.2. The summed E-state index contributed by atoms with van der Waals surface area (Å²) in [4.78, 5) is 11.1. The van der Waals surface area contributed by atoms with Gasteiger partial charge in [-0.2, -0.15) is 0 Å². The third-order valence-corrected chi connectivity index (χ3v) is 4.52. The fraction of sp³-hybridized carbons (Fsp3) is 0.462.